The molecule has 0 fully saturated rings. The van der Waals surface area contributed by atoms with Crippen molar-refractivity contribution >= 4 is 22.8 Å². The lowest BCUT2D eigenvalue weighted by Gasteiger charge is -2.22. The van der Waals surface area contributed by atoms with E-state index in [9.17, 15) is 14.7 Å². The largest absolute Gasteiger partial charge is 0.392 e. The van der Waals surface area contributed by atoms with E-state index in [1.54, 1.807) is 6.92 Å². The van der Waals surface area contributed by atoms with Crippen LogP contribution in [-0.2, 0) is 9.59 Å². The van der Waals surface area contributed by atoms with Gasteiger partial charge >= 0.3 is 0 Å². The first-order valence-electron chi connectivity index (χ1n) is 5.99. The number of hydrogen-bond acceptors (Lipinski definition) is 4. The van der Waals surface area contributed by atoms with Crippen molar-refractivity contribution in [2.75, 3.05) is 12.3 Å². The molecule has 100 valence electrons. The highest BCUT2D eigenvalue weighted by Crippen LogP contribution is 2.21. The first kappa shape index (κ1) is 16.4. The van der Waals surface area contributed by atoms with Crippen molar-refractivity contribution in [2.45, 2.75) is 40.2 Å². The molecule has 3 atom stereocenters. The summed E-state index contributed by atoms with van der Waals surface area (Å²) >= 11 is 1.17. The Bertz CT molecular complexity index is 258. The van der Waals surface area contributed by atoms with Gasteiger partial charge in [0.2, 0.25) is 5.91 Å². The Labute approximate surface area is 108 Å². The number of carbonyl (C=O) groups is 2. The summed E-state index contributed by atoms with van der Waals surface area (Å²) in [5.74, 6) is 0.235. The normalized spacial score (nSPS) is 16.1. The average molecular weight is 261 g/mol. The summed E-state index contributed by atoms with van der Waals surface area (Å²) in [5, 5.41) is 12.5. The van der Waals surface area contributed by atoms with Gasteiger partial charge in [-0.2, -0.15) is 0 Å². The maximum Gasteiger partial charge on any atom is 0.216 e. The fourth-order valence-corrected chi connectivity index (χ4v) is 2.19. The number of carbonyl (C=O) groups excluding carboxylic acids is 2. The minimum Gasteiger partial charge on any atom is -0.392 e. The van der Waals surface area contributed by atoms with Crippen LogP contribution in [0.1, 0.15) is 34.1 Å². The first-order chi connectivity index (χ1) is 7.90. The van der Waals surface area contributed by atoms with Gasteiger partial charge in [0.05, 0.1) is 12.0 Å². The predicted molar refractivity (Wildman–Crippen MR) is 70.8 cm³/mol. The number of hydrogen-bond donors (Lipinski definition) is 2. The molecule has 0 saturated heterocycles. The van der Waals surface area contributed by atoms with Crippen molar-refractivity contribution in [3.63, 3.8) is 0 Å². The Kier molecular flexibility index (Phi) is 8.25. The Hall–Kier alpha value is -0.550. The van der Waals surface area contributed by atoms with E-state index in [4.69, 9.17) is 0 Å². The second-order valence-electron chi connectivity index (χ2n) is 4.32. The van der Waals surface area contributed by atoms with Crippen LogP contribution in [0.2, 0.25) is 0 Å². The van der Waals surface area contributed by atoms with E-state index in [-0.39, 0.29) is 22.9 Å². The lowest BCUT2D eigenvalue weighted by atomic mass is 9.92. The quantitative estimate of drug-likeness (QED) is 0.680. The molecule has 5 heteroatoms. The molecular weight excluding hydrogens is 238 g/mol. The van der Waals surface area contributed by atoms with Crippen LogP contribution in [-0.4, -0.2) is 34.5 Å². The molecule has 0 heterocycles. The molecule has 0 aromatic carbocycles. The monoisotopic (exact) mass is 261 g/mol. The van der Waals surface area contributed by atoms with Gasteiger partial charge in [0.25, 0.3) is 0 Å². The van der Waals surface area contributed by atoms with E-state index in [0.717, 1.165) is 6.42 Å². The van der Waals surface area contributed by atoms with Crippen LogP contribution in [0.15, 0.2) is 0 Å². The smallest absolute Gasteiger partial charge is 0.216 e. The summed E-state index contributed by atoms with van der Waals surface area (Å²) in [4.78, 5) is 22.4. The molecule has 0 aromatic heterocycles. The van der Waals surface area contributed by atoms with E-state index in [1.807, 2.05) is 13.8 Å². The summed E-state index contributed by atoms with van der Waals surface area (Å²) in [5.41, 5.74) is 0. The summed E-state index contributed by atoms with van der Waals surface area (Å²) in [6, 6.07) is 0. The highest BCUT2D eigenvalue weighted by atomic mass is 32.2. The molecule has 2 N–H and O–H groups in total. The predicted octanol–water partition coefficient (Wildman–Crippen LogP) is 1.43. The van der Waals surface area contributed by atoms with Crippen molar-refractivity contribution in [3.05, 3.63) is 0 Å². The van der Waals surface area contributed by atoms with Crippen LogP contribution >= 0.6 is 11.8 Å². The van der Waals surface area contributed by atoms with Crippen LogP contribution < -0.4 is 5.32 Å². The van der Waals surface area contributed by atoms with Gasteiger partial charge in [-0.15, -0.1) is 0 Å². The molecule has 0 unspecified atom stereocenters. The maximum atomic E-state index is 11.7. The summed E-state index contributed by atoms with van der Waals surface area (Å²) in [6.45, 7) is 7.62. The number of aliphatic hydroxyl groups is 1. The van der Waals surface area contributed by atoms with E-state index >= 15 is 0 Å². The van der Waals surface area contributed by atoms with Crippen LogP contribution in [0.25, 0.3) is 0 Å². The van der Waals surface area contributed by atoms with Gasteiger partial charge < -0.3 is 10.4 Å². The zero-order valence-corrected chi connectivity index (χ0v) is 11.8. The number of thioether (sulfide) groups is 1. The molecule has 4 nitrogen and oxygen atoms in total. The van der Waals surface area contributed by atoms with Gasteiger partial charge in [-0.1, -0.05) is 39.0 Å². The van der Waals surface area contributed by atoms with Crippen LogP contribution in [0, 0.1) is 11.8 Å². The first-order valence-corrected chi connectivity index (χ1v) is 6.97. The molecule has 17 heavy (non-hydrogen) atoms. The van der Waals surface area contributed by atoms with Gasteiger partial charge in [-0.05, 0) is 5.92 Å². The maximum absolute atomic E-state index is 11.7. The topological polar surface area (TPSA) is 66.4 Å². The Morgan fingerprint density at radius 3 is 2.41 bits per heavy atom. The van der Waals surface area contributed by atoms with Crippen molar-refractivity contribution in [1.29, 1.82) is 0 Å². The third-order valence-corrected chi connectivity index (χ3v) is 3.90. The van der Waals surface area contributed by atoms with Gasteiger partial charge in [-0.3, -0.25) is 9.59 Å². The number of nitrogens with one attached hydrogen (secondary N) is 1. The molecule has 0 spiro atoms. The van der Waals surface area contributed by atoms with Gasteiger partial charge in [0, 0.05) is 19.2 Å². The second-order valence-corrected chi connectivity index (χ2v) is 5.41. The zero-order chi connectivity index (χ0) is 13.4. The molecular formula is C12H23NO3S. The average Bonchev–Trinajstić information content (AvgIpc) is 2.31. The Morgan fingerprint density at radius 1 is 1.35 bits per heavy atom. The standard InChI is InChI=1S/C12H23NO3S/c1-5-8(2)11(15)9(3)12(16)17-7-6-13-10(4)14/h8-9,11,15H,5-7H2,1-4H3,(H,13,14)/t8-,9-,11+/m0/s1. The van der Waals surface area contributed by atoms with Crippen LogP contribution in [0.4, 0.5) is 0 Å². The third kappa shape index (κ3) is 6.68. The summed E-state index contributed by atoms with van der Waals surface area (Å²) in [7, 11) is 0. The third-order valence-electron chi connectivity index (χ3n) is 2.83. The second kappa shape index (κ2) is 8.53. The Morgan fingerprint density at radius 2 is 1.94 bits per heavy atom. The lowest BCUT2D eigenvalue weighted by Crippen LogP contribution is -2.30. The lowest BCUT2D eigenvalue weighted by molar-refractivity contribution is -0.119. The highest BCUT2D eigenvalue weighted by Gasteiger charge is 2.25. The highest BCUT2D eigenvalue weighted by molar-refractivity contribution is 8.13. The minimum atomic E-state index is -0.583. The minimum absolute atomic E-state index is 0.0110. The van der Waals surface area contributed by atoms with Gasteiger partial charge in [0.1, 0.15) is 0 Å². The molecule has 0 rings (SSSR count). The zero-order valence-electron chi connectivity index (χ0n) is 11.0. The molecule has 1 amide bonds. The molecule has 0 bridgehead atoms. The molecule has 0 saturated carbocycles. The fourth-order valence-electron chi connectivity index (χ4n) is 1.38. The molecule has 0 aliphatic rings. The summed E-state index contributed by atoms with van der Waals surface area (Å²) < 4.78 is 0. The Balaban J connectivity index is 3.93. The van der Waals surface area contributed by atoms with Gasteiger partial charge in [-0.25, -0.2) is 0 Å². The number of rotatable bonds is 7. The fraction of sp³-hybridized carbons (Fsp3) is 0.833. The van der Waals surface area contributed by atoms with E-state index in [0.29, 0.717) is 12.3 Å². The molecule has 0 aromatic rings. The summed E-state index contributed by atoms with van der Waals surface area (Å²) in [6.07, 6.45) is 0.274. The molecule has 0 aliphatic carbocycles. The van der Waals surface area contributed by atoms with Crippen molar-refractivity contribution in [2.24, 2.45) is 11.8 Å². The van der Waals surface area contributed by atoms with Crippen molar-refractivity contribution in [1.82, 2.24) is 5.32 Å². The SMILES string of the molecule is CC[C@H](C)[C@@H](O)[C@H](C)C(=O)SCCNC(C)=O. The van der Waals surface area contributed by atoms with Gasteiger partial charge in [0.15, 0.2) is 5.12 Å². The number of amides is 1. The molecule has 0 aliphatic heterocycles. The van der Waals surface area contributed by atoms with E-state index < -0.39 is 6.10 Å². The van der Waals surface area contributed by atoms with Crippen LogP contribution in [0.3, 0.4) is 0 Å². The van der Waals surface area contributed by atoms with Crippen LogP contribution in [0.5, 0.6) is 0 Å². The van der Waals surface area contributed by atoms with E-state index in [2.05, 4.69) is 5.32 Å². The number of aliphatic hydroxyl groups excluding tert-OH is 1. The van der Waals surface area contributed by atoms with Crippen molar-refractivity contribution < 1.29 is 14.7 Å². The van der Waals surface area contributed by atoms with Crippen molar-refractivity contribution in [3.8, 4) is 0 Å². The van der Waals surface area contributed by atoms with E-state index in [1.165, 1.54) is 18.7 Å². The molecule has 0 radical (unpaired) electrons.